The number of halogens is 1. The first-order chi connectivity index (χ1) is 8.51. The summed E-state index contributed by atoms with van der Waals surface area (Å²) in [4.78, 5) is 21.6. The number of nitro groups is 1. The van der Waals surface area contributed by atoms with Crippen LogP contribution in [0.25, 0.3) is 0 Å². The van der Waals surface area contributed by atoms with E-state index in [1.54, 1.807) is 13.0 Å². The number of rotatable bonds is 4. The van der Waals surface area contributed by atoms with E-state index >= 15 is 0 Å². The van der Waals surface area contributed by atoms with Crippen LogP contribution >= 0.6 is 15.9 Å². The number of nitriles is 1. The minimum Gasteiger partial charge on any atom is -0.466 e. The van der Waals surface area contributed by atoms with E-state index in [1.807, 2.05) is 0 Å². The van der Waals surface area contributed by atoms with Crippen LogP contribution in [0.5, 0.6) is 0 Å². The number of hydrogen-bond donors (Lipinski definition) is 0. The quantitative estimate of drug-likeness (QED) is 0.483. The Morgan fingerprint density at radius 3 is 2.78 bits per heavy atom. The van der Waals surface area contributed by atoms with Crippen LogP contribution in [0.4, 0.5) is 5.69 Å². The molecule has 0 saturated carbocycles. The minimum atomic E-state index is -0.669. The molecule has 0 fully saturated rings. The second-order valence-electron chi connectivity index (χ2n) is 3.28. The van der Waals surface area contributed by atoms with Crippen LogP contribution in [-0.2, 0) is 16.0 Å². The van der Waals surface area contributed by atoms with Gasteiger partial charge in [0.05, 0.1) is 18.0 Å². The van der Waals surface area contributed by atoms with Crippen molar-refractivity contribution in [3.63, 3.8) is 0 Å². The Bertz CT molecular complexity index is 537. The number of esters is 1. The summed E-state index contributed by atoms with van der Waals surface area (Å²) >= 11 is 3.06. The van der Waals surface area contributed by atoms with Gasteiger partial charge >= 0.3 is 5.97 Å². The van der Waals surface area contributed by atoms with Gasteiger partial charge in [0.2, 0.25) is 0 Å². The smallest absolute Gasteiger partial charge is 0.310 e. The first-order valence-corrected chi connectivity index (χ1v) is 5.82. The highest BCUT2D eigenvalue weighted by Gasteiger charge is 2.24. The van der Waals surface area contributed by atoms with Crippen molar-refractivity contribution < 1.29 is 14.5 Å². The van der Waals surface area contributed by atoms with Gasteiger partial charge in [0, 0.05) is 10.0 Å². The minimum absolute atomic E-state index is 0.0956. The summed E-state index contributed by atoms with van der Waals surface area (Å²) in [7, 11) is 0. The molecule has 0 radical (unpaired) electrons. The van der Waals surface area contributed by atoms with Gasteiger partial charge in [-0.1, -0.05) is 6.07 Å². The van der Waals surface area contributed by atoms with E-state index < -0.39 is 10.9 Å². The molecule has 0 aliphatic rings. The molecule has 0 atom stereocenters. The van der Waals surface area contributed by atoms with Crippen LogP contribution in [0.2, 0.25) is 0 Å². The molecule has 0 unspecified atom stereocenters. The third-order valence-electron chi connectivity index (χ3n) is 2.15. The van der Waals surface area contributed by atoms with Gasteiger partial charge in [-0.15, -0.1) is 0 Å². The normalized spacial score (nSPS) is 9.61. The number of ether oxygens (including phenoxy) is 1. The highest BCUT2D eigenvalue weighted by molar-refractivity contribution is 9.10. The van der Waals surface area contributed by atoms with E-state index in [0.29, 0.717) is 4.47 Å². The van der Waals surface area contributed by atoms with E-state index in [9.17, 15) is 14.9 Å². The van der Waals surface area contributed by atoms with Gasteiger partial charge in [-0.2, -0.15) is 5.26 Å². The van der Waals surface area contributed by atoms with Crippen molar-refractivity contribution in [3.05, 3.63) is 37.8 Å². The predicted octanol–water partition coefficient (Wildman–Crippen LogP) is 2.33. The summed E-state index contributed by atoms with van der Waals surface area (Å²) in [6.07, 6.45) is -0.230. The molecule has 0 N–H and O–H groups in total. The van der Waals surface area contributed by atoms with E-state index in [-0.39, 0.29) is 29.8 Å². The lowest BCUT2D eigenvalue weighted by atomic mass is 10.1. The van der Waals surface area contributed by atoms with Crippen LogP contribution in [0.15, 0.2) is 16.6 Å². The van der Waals surface area contributed by atoms with Gasteiger partial charge in [-0.25, -0.2) is 0 Å². The highest BCUT2D eigenvalue weighted by atomic mass is 79.9. The van der Waals surface area contributed by atoms with Crippen molar-refractivity contribution in [2.24, 2.45) is 0 Å². The maximum Gasteiger partial charge on any atom is 0.310 e. The Labute approximate surface area is 111 Å². The maximum atomic E-state index is 11.3. The summed E-state index contributed by atoms with van der Waals surface area (Å²) in [6, 6.07) is 4.68. The summed E-state index contributed by atoms with van der Waals surface area (Å²) in [5.74, 6) is -0.563. The second-order valence-corrected chi connectivity index (χ2v) is 4.14. The monoisotopic (exact) mass is 312 g/mol. The zero-order valence-corrected chi connectivity index (χ0v) is 11.1. The van der Waals surface area contributed by atoms with Crippen molar-refractivity contribution in [1.29, 1.82) is 5.26 Å². The van der Waals surface area contributed by atoms with Gasteiger partial charge < -0.3 is 4.74 Å². The number of carbonyl (C=O) groups excluding carboxylic acids is 1. The van der Waals surface area contributed by atoms with Gasteiger partial charge in [0.15, 0.2) is 0 Å². The molecule has 7 heteroatoms. The summed E-state index contributed by atoms with van der Waals surface area (Å²) < 4.78 is 5.05. The largest absolute Gasteiger partial charge is 0.466 e. The molecule has 0 heterocycles. The zero-order valence-electron chi connectivity index (χ0n) is 9.47. The Morgan fingerprint density at radius 1 is 1.61 bits per heavy atom. The lowest BCUT2D eigenvalue weighted by Crippen LogP contribution is -2.10. The van der Waals surface area contributed by atoms with Crippen LogP contribution in [-0.4, -0.2) is 17.5 Å². The third-order valence-corrected chi connectivity index (χ3v) is 2.81. The molecule has 0 aliphatic carbocycles. The molecule has 0 amide bonds. The standard InChI is InChI=1S/C11H9BrN2O4/c1-2-18-10(15)5-7-3-4-9(12)8(6-13)11(7)14(16)17/h3-4H,2,5H2,1H3. The molecule has 0 aromatic heterocycles. The van der Waals surface area contributed by atoms with E-state index in [4.69, 9.17) is 10.00 Å². The summed E-state index contributed by atoms with van der Waals surface area (Å²) in [5, 5.41) is 19.9. The molecule has 1 rings (SSSR count). The number of benzene rings is 1. The van der Waals surface area contributed by atoms with Crippen molar-refractivity contribution in [1.82, 2.24) is 0 Å². The SMILES string of the molecule is CCOC(=O)Cc1ccc(Br)c(C#N)c1[N+](=O)[O-]. The van der Waals surface area contributed by atoms with Crippen molar-refractivity contribution in [2.45, 2.75) is 13.3 Å². The average Bonchev–Trinajstić information content (AvgIpc) is 2.30. The highest BCUT2D eigenvalue weighted by Crippen LogP contribution is 2.30. The lowest BCUT2D eigenvalue weighted by molar-refractivity contribution is -0.385. The molecule has 0 bridgehead atoms. The van der Waals surface area contributed by atoms with Crippen molar-refractivity contribution in [3.8, 4) is 6.07 Å². The predicted molar refractivity (Wildman–Crippen MR) is 65.8 cm³/mol. The van der Waals surface area contributed by atoms with Crippen molar-refractivity contribution in [2.75, 3.05) is 6.61 Å². The van der Waals surface area contributed by atoms with Gasteiger partial charge in [0.1, 0.15) is 11.6 Å². The lowest BCUT2D eigenvalue weighted by Gasteiger charge is -2.05. The van der Waals surface area contributed by atoms with Crippen LogP contribution in [0.3, 0.4) is 0 Å². The molecule has 1 aromatic rings. The first-order valence-electron chi connectivity index (χ1n) is 5.02. The van der Waals surface area contributed by atoms with Gasteiger partial charge in [-0.05, 0) is 28.9 Å². The van der Waals surface area contributed by atoms with Crippen LogP contribution in [0.1, 0.15) is 18.1 Å². The number of nitrogens with zero attached hydrogens (tertiary/aromatic N) is 2. The van der Waals surface area contributed by atoms with E-state index in [1.165, 1.54) is 12.1 Å². The first kappa shape index (κ1) is 14.1. The van der Waals surface area contributed by atoms with Crippen LogP contribution in [0, 0.1) is 21.4 Å². The van der Waals surface area contributed by atoms with E-state index in [0.717, 1.165) is 0 Å². The second kappa shape index (κ2) is 6.12. The molecular weight excluding hydrogens is 304 g/mol. The Kier molecular flexibility index (Phi) is 4.80. The van der Waals surface area contributed by atoms with Crippen molar-refractivity contribution >= 4 is 27.6 Å². The van der Waals surface area contributed by atoms with Gasteiger partial charge in [0.25, 0.3) is 5.69 Å². The molecule has 0 spiro atoms. The number of hydrogen-bond acceptors (Lipinski definition) is 5. The fraction of sp³-hybridized carbons (Fsp3) is 0.273. The summed E-state index contributed by atoms with van der Waals surface area (Å²) in [5.41, 5.74) is -0.292. The number of carbonyl (C=O) groups is 1. The Morgan fingerprint density at radius 2 is 2.28 bits per heavy atom. The third kappa shape index (κ3) is 3.05. The fourth-order valence-corrected chi connectivity index (χ4v) is 1.84. The molecule has 0 aliphatic heterocycles. The molecule has 18 heavy (non-hydrogen) atoms. The molecular formula is C11H9BrN2O4. The van der Waals surface area contributed by atoms with Crippen LogP contribution < -0.4 is 0 Å². The van der Waals surface area contributed by atoms with Gasteiger partial charge in [-0.3, -0.25) is 14.9 Å². The topological polar surface area (TPSA) is 93.2 Å². The molecule has 6 nitrogen and oxygen atoms in total. The maximum absolute atomic E-state index is 11.3. The Hall–Kier alpha value is -1.94. The molecule has 1 aromatic carbocycles. The fourth-order valence-electron chi connectivity index (χ4n) is 1.43. The zero-order chi connectivity index (χ0) is 13.7. The molecule has 0 saturated heterocycles. The average molecular weight is 313 g/mol. The number of nitro benzene ring substituents is 1. The molecule has 94 valence electrons. The Balaban J connectivity index is 3.25. The summed E-state index contributed by atoms with van der Waals surface area (Å²) in [6.45, 7) is 1.85. The van der Waals surface area contributed by atoms with E-state index in [2.05, 4.69) is 15.9 Å².